The average molecular weight is 289 g/mol. The number of hydrogen-bond donors (Lipinski definition) is 1. The molecule has 1 aromatic rings. The van der Waals surface area contributed by atoms with E-state index < -0.39 is 0 Å². The molecule has 5 nitrogen and oxygen atoms in total. The third kappa shape index (κ3) is 2.70. The van der Waals surface area contributed by atoms with E-state index in [0.717, 1.165) is 25.2 Å². The Labute approximate surface area is 125 Å². The maximum atomic E-state index is 11.8. The zero-order chi connectivity index (χ0) is 15.0. The molecule has 2 heterocycles. The van der Waals surface area contributed by atoms with Gasteiger partial charge in [0, 0.05) is 18.8 Å². The Bertz CT molecular complexity index is 545. The van der Waals surface area contributed by atoms with Crippen molar-refractivity contribution in [3.8, 4) is 0 Å². The van der Waals surface area contributed by atoms with Crippen molar-refractivity contribution in [2.24, 2.45) is 0 Å². The highest BCUT2D eigenvalue weighted by molar-refractivity contribution is 5.90. The normalized spacial score (nSPS) is 19.3. The number of carbonyl (C=O) groups is 1. The second-order valence-electron chi connectivity index (χ2n) is 6.63. The van der Waals surface area contributed by atoms with Crippen LogP contribution in [-0.2, 0) is 10.2 Å². The van der Waals surface area contributed by atoms with Gasteiger partial charge >= 0.3 is 6.09 Å². The summed E-state index contributed by atoms with van der Waals surface area (Å²) >= 11 is 0. The topological polar surface area (TPSA) is 44.8 Å². The third-order valence-electron chi connectivity index (χ3n) is 4.01. The van der Waals surface area contributed by atoms with Crippen LogP contribution in [0.3, 0.4) is 0 Å². The first-order valence-electron chi connectivity index (χ1n) is 7.57. The van der Waals surface area contributed by atoms with Crippen LogP contribution in [0, 0.1) is 0 Å². The molecule has 0 aromatic heterocycles. The van der Waals surface area contributed by atoms with Gasteiger partial charge in [0.15, 0.2) is 0 Å². The number of carbonyl (C=O) groups excluding carboxylic acids is 1. The van der Waals surface area contributed by atoms with Gasteiger partial charge in [-0.3, -0.25) is 4.90 Å². The fourth-order valence-corrected chi connectivity index (χ4v) is 2.89. The second-order valence-corrected chi connectivity index (χ2v) is 6.63. The van der Waals surface area contributed by atoms with E-state index in [0.29, 0.717) is 13.2 Å². The number of rotatable bonds is 2. The molecule has 3 rings (SSSR count). The lowest BCUT2D eigenvalue weighted by atomic mass is 9.85. The zero-order valence-electron chi connectivity index (χ0n) is 13.0. The van der Waals surface area contributed by atoms with Crippen molar-refractivity contribution in [1.82, 2.24) is 5.43 Å². The maximum absolute atomic E-state index is 11.8. The first-order valence-corrected chi connectivity index (χ1v) is 7.57. The lowest BCUT2D eigenvalue weighted by Crippen LogP contribution is -2.33. The van der Waals surface area contributed by atoms with Crippen molar-refractivity contribution in [3.63, 3.8) is 0 Å². The van der Waals surface area contributed by atoms with Gasteiger partial charge in [-0.15, -0.1) is 0 Å². The molecule has 0 saturated carbocycles. The minimum Gasteiger partial charge on any atom is -0.447 e. The summed E-state index contributed by atoms with van der Waals surface area (Å²) in [5, 5.41) is 2.21. The van der Waals surface area contributed by atoms with Gasteiger partial charge in [0.25, 0.3) is 0 Å². The number of nitrogens with one attached hydrogen (secondary N) is 1. The van der Waals surface area contributed by atoms with E-state index in [9.17, 15) is 4.79 Å². The van der Waals surface area contributed by atoms with Crippen molar-refractivity contribution in [3.05, 3.63) is 23.8 Å². The monoisotopic (exact) mass is 289 g/mol. The second kappa shape index (κ2) is 5.22. The fourth-order valence-electron chi connectivity index (χ4n) is 2.89. The van der Waals surface area contributed by atoms with Gasteiger partial charge in [-0.1, -0.05) is 20.8 Å². The smallest absolute Gasteiger partial charge is 0.414 e. The first kappa shape index (κ1) is 14.2. The lowest BCUT2D eigenvalue weighted by molar-refractivity contribution is 0.181. The molecule has 21 heavy (non-hydrogen) atoms. The van der Waals surface area contributed by atoms with Crippen LogP contribution in [0.15, 0.2) is 18.2 Å². The van der Waals surface area contributed by atoms with Crippen LogP contribution in [-0.4, -0.2) is 32.3 Å². The predicted molar refractivity (Wildman–Crippen MR) is 83.8 cm³/mol. The summed E-state index contributed by atoms with van der Waals surface area (Å²) in [5.41, 5.74) is 6.80. The summed E-state index contributed by atoms with van der Waals surface area (Å²) in [6.45, 7) is 9.75. The molecule has 0 bridgehead atoms. The van der Waals surface area contributed by atoms with Gasteiger partial charge in [0.2, 0.25) is 0 Å². The van der Waals surface area contributed by atoms with Crippen LogP contribution in [0.2, 0.25) is 0 Å². The molecule has 1 aromatic carbocycles. The Morgan fingerprint density at radius 1 is 1.24 bits per heavy atom. The highest BCUT2D eigenvalue weighted by Crippen LogP contribution is 2.36. The van der Waals surface area contributed by atoms with Crippen LogP contribution >= 0.6 is 0 Å². The Morgan fingerprint density at radius 2 is 2.05 bits per heavy atom. The quantitative estimate of drug-likeness (QED) is 0.909. The SMILES string of the molecule is CC(C)(C)c1cc(N2CCOC2=O)ccc1N1CCCN1. The largest absolute Gasteiger partial charge is 0.447 e. The number of amides is 1. The number of hydrazine groups is 1. The Morgan fingerprint density at radius 3 is 2.62 bits per heavy atom. The van der Waals surface area contributed by atoms with Gasteiger partial charge in [-0.2, -0.15) is 0 Å². The molecule has 0 aliphatic carbocycles. The lowest BCUT2D eigenvalue weighted by Gasteiger charge is -2.29. The first-order chi connectivity index (χ1) is 9.97. The minimum absolute atomic E-state index is 0.0131. The van der Waals surface area contributed by atoms with Gasteiger partial charge in [-0.25, -0.2) is 10.2 Å². The summed E-state index contributed by atoms with van der Waals surface area (Å²) in [7, 11) is 0. The molecule has 1 N–H and O–H groups in total. The molecule has 0 atom stereocenters. The highest BCUT2D eigenvalue weighted by Gasteiger charge is 2.28. The zero-order valence-corrected chi connectivity index (χ0v) is 13.0. The number of anilines is 2. The number of hydrogen-bond acceptors (Lipinski definition) is 4. The summed E-state index contributed by atoms with van der Waals surface area (Å²) in [6.07, 6.45) is 0.908. The van der Waals surface area contributed by atoms with E-state index in [2.05, 4.69) is 43.3 Å². The number of ether oxygens (including phenoxy) is 1. The van der Waals surface area contributed by atoms with Crippen molar-refractivity contribution >= 4 is 17.5 Å². The molecule has 114 valence electrons. The summed E-state index contributed by atoms with van der Waals surface area (Å²) in [4.78, 5) is 13.5. The van der Waals surface area contributed by atoms with Crippen molar-refractivity contribution in [2.45, 2.75) is 32.6 Å². The summed E-state index contributed by atoms with van der Waals surface area (Å²) in [6, 6.07) is 6.25. The molecule has 0 radical (unpaired) electrons. The molecule has 2 aliphatic heterocycles. The molecular formula is C16H23N3O2. The van der Waals surface area contributed by atoms with E-state index in [4.69, 9.17) is 4.74 Å². The van der Waals surface area contributed by atoms with Crippen LogP contribution in [0.5, 0.6) is 0 Å². The molecule has 0 unspecified atom stereocenters. The highest BCUT2D eigenvalue weighted by atomic mass is 16.6. The molecular weight excluding hydrogens is 266 g/mol. The standard InChI is InChI=1S/C16H23N3O2/c1-16(2,3)13-11-12(18-9-10-21-15(18)20)5-6-14(13)19-8-4-7-17-19/h5-6,11,17H,4,7-10H2,1-3H3. The molecule has 2 aliphatic rings. The average Bonchev–Trinajstić information content (AvgIpc) is 3.08. The van der Waals surface area contributed by atoms with Crippen molar-refractivity contribution < 1.29 is 9.53 Å². The number of cyclic esters (lactones) is 1. The van der Waals surface area contributed by atoms with Crippen LogP contribution in [0.25, 0.3) is 0 Å². The summed E-state index contributed by atoms with van der Waals surface area (Å²) in [5.74, 6) is 0. The number of nitrogens with zero attached hydrogens (tertiary/aromatic N) is 2. The Balaban J connectivity index is 2.00. The minimum atomic E-state index is -0.248. The molecule has 2 saturated heterocycles. The van der Waals surface area contributed by atoms with E-state index in [1.165, 1.54) is 11.3 Å². The summed E-state index contributed by atoms with van der Waals surface area (Å²) < 4.78 is 5.04. The van der Waals surface area contributed by atoms with E-state index in [1.807, 2.05) is 6.07 Å². The number of benzene rings is 1. The fraction of sp³-hybridized carbons (Fsp3) is 0.562. The van der Waals surface area contributed by atoms with Crippen LogP contribution in [0.4, 0.5) is 16.2 Å². The predicted octanol–water partition coefficient (Wildman–Crippen LogP) is 2.66. The Kier molecular flexibility index (Phi) is 3.53. The van der Waals surface area contributed by atoms with Gasteiger partial charge in [0.05, 0.1) is 12.2 Å². The van der Waals surface area contributed by atoms with E-state index in [1.54, 1.807) is 4.90 Å². The van der Waals surface area contributed by atoms with Crippen molar-refractivity contribution in [1.29, 1.82) is 0 Å². The third-order valence-corrected chi connectivity index (χ3v) is 4.01. The van der Waals surface area contributed by atoms with Gasteiger partial charge in [0.1, 0.15) is 6.61 Å². The molecule has 0 spiro atoms. The van der Waals surface area contributed by atoms with Gasteiger partial charge < -0.3 is 9.75 Å². The van der Waals surface area contributed by atoms with Crippen LogP contribution < -0.4 is 15.3 Å². The molecule has 5 heteroatoms. The molecule has 1 amide bonds. The van der Waals surface area contributed by atoms with Crippen molar-refractivity contribution in [2.75, 3.05) is 36.1 Å². The van der Waals surface area contributed by atoms with E-state index in [-0.39, 0.29) is 11.5 Å². The van der Waals surface area contributed by atoms with Crippen LogP contribution in [0.1, 0.15) is 32.8 Å². The maximum Gasteiger partial charge on any atom is 0.414 e. The Hall–Kier alpha value is -1.75. The van der Waals surface area contributed by atoms with E-state index >= 15 is 0 Å². The van der Waals surface area contributed by atoms with Gasteiger partial charge in [-0.05, 0) is 35.6 Å². The molecule has 2 fully saturated rings.